The monoisotopic (exact) mass is 306 g/mol. The maximum absolute atomic E-state index is 12.2. The van der Waals surface area contributed by atoms with Gasteiger partial charge in [0.1, 0.15) is 0 Å². The Bertz CT molecular complexity index is 315. The fourth-order valence-corrected chi connectivity index (χ4v) is 3.80. The third-order valence-electron chi connectivity index (χ3n) is 3.09. The molecule has 1 aliphatic rings. The van der Waals surface area contributed by atoms with Crippen LogP contribution in [0.4, 0.5) is 4.79 Å². The normalized spacial score (nSPS) is 20.9. The minimum absolute atomic E-state index is 0.0275. The lowest BCUT2D eigenvalue weighted by Gasteiger charge is -2.35. The Balaban J connectivity index is 2.58. The number of amides is 2. The van der Waals surface area contributed by atoms with Gasteiger partial charge in [-0.15, -0.1) is 0 Å². The lowest BCUT2D eigenvalue weighted by atomic mass is 10.2. The first kappa shape index (κ1) is 16.5. The number of carbonyl (C=O) groups excluding carboxylic acids is 1. The predicted molar refractivity (Wildman–Crippen MR) is 81.1 cm³/mol. The molecule has 0 saturated carbocycles. The van der Waals surface area contributed by atoms with Crippen molar-refractivity contribution in [1.29, 1.82) is 0 Å². The van der Waals surface area contributed by atoms with Crippen LogP contribution in [0.1, 0.15) is 19.8 Å². The SMILES string of the molecule is CCC(CSC)NC(=O)N1CCSCC1CC(=O)O. The molecule has 1 fully saturated rings. The zero-order chi connectivity index (χ0) is 14.3. The van der Waals surface area contributed by atoms with Gasteiger partial charge in [0.25, 0.3) is 0 Å². The van der Waals surface area contributed by atoms with Crippen LogP contribution in [-0.4, -0.2) is 64.1 Å². The van der Waals surface area contributed by atoms with Crippen LogP contribution in [0.2, 0.25) is 0 Å². The number of nitrogens with zero attached hydrogens (tertiary/aromatic N) is 1. The number of urea groups is 1. The third-order valence-corrected chi connectivity index (χ3v) is 4.91. The molecule has 0 radical (unpaired) electrons. The number of rotatable bonds is 6. The van der Waals surface area contributed by atoms with Crippen molar-refractivity contribution in [2.75, 3.05) is 30.1 Å². The second-order valence-corrected chi connectivity index (χ2v) is 6.59. The van der Waals surface area contributed by atoms with Crippen molar-refractivity contribution in [2.45, 2.75) is 31.8 Å². The van der Waals surface area contributed by atoms with Gasteiger partial charge in [-0.25, -0.2) is 4.79 Å². The van der Waals surface area contributed by atoms with Crippen molar-refractivity contribution in [1.82, 2.24) is 10.2 Å². The smallest absolute Gasteiger partial charge is 0.317 e. The van der Waals surface area contributed by atoms with Crippen molar-refractivity contribution in [3.8, 4) is 0 Å². The first-order valence-electron chi connectivity index (χ1n) is 6.44. The number of aliphatic carboxylic acids is 1. The molecule has 0 aromatic rings. The van der Waals surface area contributed by atoms with Gasteiger partial charge in [0, 0.05) is 29.8 Å². The molecule has 2 N–H and O–H groups in total. The summed E-state index contributed by atoms with van der Waals surface area (Å²) in [5.41, 5.74) is 0. The van der Waals surface area contributed by atoms with Crippen molar-refractivity contribution < 1.29 is 14.7 Å². The summed E-state index contributed by atoms with van der Waals surface area (Å²) in [6.07, 6.45) is 2.93. The highest BCUT2D eigenvalue weighted by Gasteiger charge is 2.29. The first-order valence-corrected chi connectivity index (χ1v) is 8.99. The average molecular weight is 306 g/mol. The molecular formula is C12H22N2O3S2. The van der Waals surface area contributed by atoms with Gasteiger partial charge < -0.3 is 15.3 Å². The van der Waals surface area contributed by atoms with Gasteiger partial charge in [-0.05, 0) is 12.7 Å². The number of hydrogen-bond donors (Lipinski definition) is 2. The summed E-state index contributed by atoms with van der Waals surface area (Å²) < 4.78 is 0. The standard InChI is InChI=1S/C12H22N2O3S2/c1-3-9(7-18-2)13-12(17)14-4-5-19-8-10(14)6-11(15)16/h9-10H,3-8H2,1-2H3,(H,13,17)(H,15,16). The molecule has 0 aliphatic carbocycles. The third kappa shape index (κ3) is 5.52. The van der Waals surface area contributed by atoms with E-state index in [-0.39, 0.29) is 24.5 Å². The Kier molecular flexibility index (Phi) is 7.45. The Hall–Kier alpha value is -0.560. The fraction of sp³-hybridized carbons (Fsp3) is 0.833. The highest BCUT2D eigenvalue weighted by molar-refractivity contribution is 7.99. The molecule has 19 heavy (non-hydrogen) atoms. The van der Waals surface area contributed by atoms with E-state index >= 15 is 0 Å². The van der Waals surface area contributed by atoms with Crippen LogP contribution >= 0.6 is 23.5 Å². The topological polar surface area (TPSA) is 69.6 Å². The molecule has 110 valence electrons. The highest BCUT2D eigenvalue weighted by Crippen LogP contribution is 2.19. The minimum atomic E-state index is -0.846. The van der Waals surface area contributed by atoms with Crippen LogP contribution in [0.3, 0.4) is 0 Å². The Morgan fingerprint density at radius 1 is 1.58 bits per heavy atom. The number of thioether (sulfide) groups is 2. The van der Waals surface area contributed by atoms with E-state index in [0.29, 0.717) is 12.3 Å². The Labute approximate surface area is 122 Å². The Morgan fingerprint density at radius 3 is 2.89 bits per heavy atom. The molecule has 1 saturated heterocycles. The molecule has 0 aromatic carbocycles. The molecule has 2 amide bonds. The summed E-state index contributed by atoms with van der Waals surface area (Å²) in [6.45, 7) is 2.67. The molecule has 7 heteroatoms. The van der Waals surface area contributed by atoms with Crippen molar-refractivity contribution in [2.24, 2.45) is 0 Å². The zero-order valence-electron chi connectivity index (χ0n) is 11.4. The summed E-state index contributed by atoms with van der Waals surface area (Å²) in [5.74, 6) is 1.62. The highest BCUT2D eigenvalue weighted by atomic mass is 32.2. The molecule has 2 unspecified atom stereocenters. The maximum atomic E-state index is 12.2. The summed E-state index contributed by atoms with van der Waals surface area (Å²) in [4.78, 5) is 24.8. The van der Waals surface area contributed by atoms with Gasteiger partial charge in [-0.3, -0.25) is 4.79 Å². The van der Waals surface area contributed by atoms with Crippen molar-refractivity contribution in [3.05, 3.63) is 0 Å². The molecule has 0 spiro atoms. The van der Waals surface area contributed by atoms with Gasteiger partial charge in [0.15, 0.2) is 0 Å². The summed E-state index contributed by atoms with van der Waals surface area (Å²) >= 11 is 3.41. The van der Waals surface area contributed by atoms with Crippen molar-refractivity contribution in [3.63, 3.8) is 0 Å². The fourth-order valence-electron chi connectivity index (χ4n) is 2.01. The minimum Gasteiger partial charge on any atom is -0.481 e. The van der Waals surface area contributed by atoms with Gasteiger partial charge in [0.2, 0.25) is 0 Å². The van der Waals surface area contributed by atoms with E-state index in [4.69, 9.17) is 5.11 Å². The number of nitrogens with one attached hydrogen (secondary N) is 1. The molecule has 1 heterocycles. The van der Waals surface area contributed by atoms with Gasteiger partial charge in [-0.1, -0.05) is 6.92 Å². The average Bonchev–Trinajstić information content (AvgIpc) is 2.38. The molecule has 1 rings (SSSR count). The molecule has 0 aromatic heterocycles. The van der Waals surface area contributed by atoms with Crippen molar-refractivity contribution >= 4 is 35.5 Å². The zero-order valence-corrected chi connectivity index (χ0v) is 13.1. The van der Waals surface area contributed by atoms with Gasteiger partial charge in [-0.2, -0.15) is 23.5 Å². The van der Waals surface area contributed by atoms with E-state index in [9.17, 15) is 9.59 Å². The van der Waals surface area contributed by atoms with E-state index in [0.717, 1.165) is 17.9 Å². The number of carboxylic acids is 1. The summed E-state index contributed by atoms with van der Waals surface area (Å²) in [6, 6.07) is -0.155. The lowest BCUT2D eigenvalue weighted by Crippen LogP contribution is -2.53. The van der Waals surface area contributed by atoms with E-state index in [1.54, 1.807) is 28.4 Å². The van der Waals surface area contributed by atoms with Crippen LogP contribution in [0.5, 0.6) is 0 Å². The van der Waals surface area contributed by atoms with E-state index in [1.807, 2.05) is 13.2 Å². The molecule has 5 nitrogen and oxygen atoms in total. The van der Waals surface area contributed by atoms with E-state index < -0.39 is 5.97 Å². The maximum Gasteiger partial charge on any atom is 0.317 e. The predicted octanol–water partition coefficient (Wildman–Crippen LogP) is 1.73. The number of hydrogen-bond acceptors (Lipinski definition) is 4. The summed E-state index contributed by atoms with van der Waals surface area (Å²) in [7, 11) is 0. The van der Waals surface area contributed by atoms with Crippen LogP contribution in [0.25, 0.3) is 0 Å². The van der Waals surface area contributed by atoms with Gasteiger partial charge >= 0.3 is 12.0 Å². The first-order chi connectivity index (χ1) is 9.08. The van der Waals surface area contributed by atoms with Crippen LogP contribution in [-0.2, 0) is 4.79 Å². The number of carboxylic acid groups (broad SMARTS) is 1. The molecule has 1 aliphatic heterocycles. The largest absolute Gasteiger partial charge is 0.481 e. The van der Waals surface area contributed by atoms with Crippen LogP contribution in [0, 0.1) is 0 Å². The second-order valence-electron chi connectivity index (χ2n) is 4.53. The summed E-state index contributed by atoms with van der Waals surface area (Å²) in [5, 5.41) is 11.9. The number of carbonyl (C=O) groups is 2. The van der Waals surface area contributed by atoms with Crippen LogP contribution in [0.15, 0.2) is 0 Å². The Morgan fingerprint density at radius 2 is 2.32 bits per heavy atom. The quantitative estimate of drug-likeness (QED) is 0.782. The molecular weight excluding hydrogens is 284 g/mol. The van der Waals surface area contributed by atoms with E-state index in [2.05, 4.69) is 5.32 Å². The van der Waals surface area contributed by atoms with Gasteiger partial charge in [0.05, 0.1) is 12.5 Å². The van der Waals surface area contributed by atoms with E-state index in [1.165, 1.54) is 0 Å². The second kappa shape index (κ2) is 8.58. The lowest BCUT2D eigenvalue weighted by molar-refractivity contribution is -0.137. The van der Waals surface area contributed by atoms with Crippen LogP contribution < -0.4 is 5.32 Å². The molecule has 2 atom stereocenters. The molecule has 0 bridgehead atoms.